The van der Waals surface area contributed by atoms with Gasteiger partial charge in [0.25, 0.3) is 0 Å². The maximum atomic E-state index is 12.6. The van der Waals surface area contributed by atoms with Gasteiger partial charge in [0.1, 0.15) is 0 Å². The van der Waals surface area contributed by atoms with Crippen LogP contribution < -0.4 is 5.73 Å². The minimum absolute atomic E-state index is 0.273. The first-order valence-electron chi connectivity index (χ1n) is 9.23. The first-order chi connectivity index (χ1) is 11.1. The van der Waals surface area contributed by atoms with E-state index in [1.54, 1.807) is 0 Å². The molecule has 1 aromatic rings. The fourth-order valence-electron chi connectivity index (χ4n) is 4.37. The summed E-state index contributed by atoms with van der Waals surface area (Å²) in [6.07, 6.45) is 7.47. The molecule has 2 aliphatic rings. The zero-order chi connectivity index (χ0) is 16.2. The summed E-state index contributed by atoms with van der Waals surface area (Å²) < 4.78 is 0. The van der Waals surface area contributed by atoms with E-state index in [1.165, 1.54) is 31.2 Å². The summed E-state index contributed by atoms with van der Waals surface area (Å²) in [5, 5.41) is 0. The molecule has 0 bridgehead atoms. The van der Waals surface area contributed by atoms with Crippen molar-refractivity contribution in [1.29, 1.82) is 0 Å². The Morgan fingerprint density at radius 3 is 2.48 bits per heavy atom. The van der Waals surface area contributed by atoms with Crippen LogP contribution in [0, 0.1) is 5.92 Å². The third-order valence-electron chi connectivity index (χ3n) is 5.82. The SMILES string of the molecule is C[C@H]1C[C@@H](N)CCN1C(=O)CC1CCC(c2ccccc2)CC1. The molecule has 3 rings (SSSR count). The van der Waals surface area contributed by atoms with Crippen molar-refractivity contribution in [2.75, 3.05) is 6.54 Å². The van der Waals surface area contributed by atoms with Crippen LogP contribution in [0.3, 0.4) is 0 Å². The lowest BCUT2D eigenvalue weighted by atomic mass is 9.77. The van der Waals surface area contributed by atoms with Crippen molar-refractivity contribution < 1.29 is 4.79 Å². The number of nitrogens with two attached hydrogens (primary N) is 1. The van der Waals surface area contributed by atoms with Crippen molar-refractivity contribution >= 4 is 5.91 Å². The number of likely N-dealkylation sites (tertiary alicyclic amines) is 1. The number of carbonyl (C=O) groups excluding carboxylic acids is 1. The van der Waals surface area contributed by atoms with E-state index < -0.39 is 0 Å². The number of amides is 1. The molecule has 2 fully saturated rings. The smallest absolute Gasteiger partial charge is 0.223 e. The normalized spacial score (nSPS) is 31.8. The zero-order valence-corrected chi connectivity index (χ0v) is 14.3. The van der Waals surface area contributed by atoms with Crippen molar-refractivity contribution in [2.45, 2.75) is 69.9 Å². The van der Waals surface area contributed by atoms with Crippen LogP contribution in [0.5, 0.6) is 0 Å². The summed E-state index contributed by atoms with van der Waals surface area (Å²) in [4.78, 5) is 14.7. The number of hydrogen-bond donors (Lipinski definition) is 1. The Balaban J connectivity index is 1.48. The minimum Gasteiger partial charge on any atom is -0.340 e. The molecule has 0 spiro atoms. The summed E-state index contributed by atoms with van der Waals surface area (Å²) in [5.74, 6) is 1.62. The first kappa shape index (κ1) is 16.5. The molecule has 1 aromatic carbocycles. The number of rotatable bonds is 3. The molecule has 2 atom stereocenters. The number of nitrogens with zero attached hydrogens (tertiary/aromatic N) is 1. The third kappa shape index (κ3) is 4.14. The summed E-state index contributed by atoms with van der Waals surface area (Å²) >= 11 is 0. The molecule has 1 saturated heterocycles. The second-order valence-corrected chi connectivity index (χ2v) is 7.55. The molecule has 3 heteroatoms. The highest BCUT2D eigenvalue weighted by Crippen LogP contribution is 2.37. The van der Waals surface area contributed by atoms with Crippen LogP contribution in [0.25, 0.3) is 0 Å². The molecule has 0 radical (unpaired) electrons. The molecule has 1 aliphatic carbocycles. The quantitative estimate of drug-likeness (QED) is 0.925. The van der Waals surface area contributed by atoms with Gasteiger partial charge >= 0.3 is 0 Å². The van der Waals surface area contributed by atoms with Crippen molar-refractivity contribution in [3.05, 3.63) is 35.9 Å². The molecule has 126 valence electrons. The molecular formula is C20H30N2O. The Morgan fingerprint density at radius 1 is 1.13 bits per heavy atom. The molecule has 0 aromatic heterocycles. The molecule has 0 unspecified atom stereocenters. The van der Waals surface area contributed by atoms with Crippen molar-refractivity contribution in [3.63, 3.8) is 0 Å². The van der Waals surface area contributed by atoms with Gasteiger partial charge in [-0.3, -0.25) is 4.79 Å². The number of carbonyl (C=O) groups is 1. The van der Waals surface area contributed by atoms with E-state index in [1.807, 2.05) is 0 Å². The van der Waals surface area contributed by atoms with Crippen molar-refractivity contribution in [3.8, 4) is 0 Å². The van der Waals surface area contributed by atoms with Gasteiger partial charge in [0.2, 0.25) is 5.91 Å². The molecule has 1 saturated carbocycles. The second-order valence-electron chi connectivity index (χ2n) is 7.55. The van der Waals surface area contributed by atoms with Gasteiger partial charge in [-0.2, -0.15) is 0 Å². The minimum atomic E-state index is 0.273. The van der Waals surface area contributed by atoms with Gasteiger partial charge in [0, 0.05) is 25.0 Å². The summed E-state index contributed by atoms with van der Waals surface area (Å²) in [7, 11) is 0. The van der Waals surface area contributed by atoms with Crippen LogP contribution >= 0.6 is 0 Å². The van der Waals surface area contributed by atoms with E-state index in [4.69, 9.17) is 5.73 Å². The molecule has 1 amide bonds. The summed E-state index contributed by atoms with van der Waals surface area (Å²) in [6, 6.07) is 11.4. The van der Waals surface area contributed by atoms with Crippen molar-refractivity contribution in [2.24, 2.45) is 11.7 Å². The standard InChI is InChI=1S/C20H30N2O/c1-15-13-19(21)11-12-22(15)20(23)14-16-7-9-18(10-8-16)17-5-3-2-4-6-17/h2-6,15-16,18-19H,7-14,21H2,1H3/t15-,16?,18?,19-/m0/s1. The highest BCUT2D eigenvalue weighted by molar-refractivity contribution is 5.77. The van der Waals surface area contributed by atoms with Crippen LogP contribution in [-0.2, 0) is 4.79 Å². The lowest BCUT2D eigenvalue weighted by Gasteiger charge is -2.38. The first-order valence-corrected chi connectivity index (χ1v) is 9.23. The van der Waals surface area contributed by atoms with Crippen molar-refractivity contribution in [1.82, 2.24) is 4.90 Å². The van der Waals surface area contributed by atoms with Gasteiger partial charge in [-0.25, -0.2) is 0 Å². The molecule has 23 heavy (non-hydrogen) atoms. The zero-order valence-electron chi connectivity index (χ0n) is 14.3. The lowest BCUT2D eigenvalue weighted by Crippen LogP contribution is -2.48. The van der Waals surface area contributed by atoms with Gasteiger partial charge in [0.05, 0.1) is 0 Å². The van der Waals surface area contributed by atoms with Crippen LogP contribution in [0.1, 0.15) is 63.4 Å². The Morgan fingerprint density at radius 2 is 1.83 bits per heavy atom. The molecule has 2 N–H and O–H groups in total. The Bertz CT molecular complexity index is 508. The van der Waals surface area contributed by atoms with Crippen LogP contribution in [0.2, 0.25) is 0 Å². The van der Waals surface area contributed by atoms with Crippen LogP contribution in [0.15, 0.2) is 30.3 Å². The van der Waals surface area contributed by atoms with Crippen LogP contribution in [0.4, 0.5) is 0 Å². The molecule has 1 heterocycles. The predicted molar refractivity (Wildman–Crippen MR) is 94.1 cm³/mol. The Kier molecular flexibility index (Phi) is 5.37. The third-order valence-corrected chi connectivity index (χ3v) is 5.82. The number of benzene rings is 1. The van der Waals surface area contributed by atoms with Gasteiger partial charge < -0.3 is 10.6 Å². The van der Waals surface area contributed by atoms with E-state index in [9.17, 15) is 4.79 Å². The summed E-state index contributed by atoms with van der Waals surface area (Å²) in [6.45, 7) is 2.99. The molecule has 1 aliphatic heterocycles. The monoisotopic (exact) mass is 314 g/mol. The lowest BCUT2D eigenvalue weighted by molar-refractivity contribution is -0.135. The van der Waals surface area contributed by atoms with E-state index in [0.29, 0.717) is 23.8 Å². The fraction of sp³-hybridized carbons (Fsp3) is 0.650. The van der Waals surface area contributed by atoms with E-state index >= 15 is 0 Å². The van der Waals surface area contributed by atoms with Gasteiger partial charge in [-0.15, -0.1) is 0 Å². The van der Waals surface area contributed by atoms with Gasteiger partial charge in [0.15, 0.2) is 0 Å². The average molecular weight is 314 g/mol. The van der Waals surface area contributed by atoms with E-state index in [0.717, 1.165) is 25.8 Å². The van der Waals surface area contributed by atoms with Gasteiger partial charge in [-0.05, 0) is 62.8 Å². The molecular weight excluding hydrogens is 284 g/mol. The Labute approximate surface area is 140 Å². The predicted octanol–water partition coefficient (Wildman–Crippen LogP) is 3.69. The maximum absolute atomic E-state index is 12.6. The Hall–Kier alpha value is -1.35. The van der Waals surface area contributed by atoms with Crippen LogP contribution in [-0.4, -0.2) is 29.4 Å². The average Bonchev–Trinajstić information content (AvgIpc) is 2.56. The van der Waals surface area contributed by atoms with Gasteiger partial charge in [-0.1, -0.05) is 30.3 Å². The second kappa shape index (κ2) is 7.48. The summed E-state index contributed by atoms with van der Waals surface area (Å²) in [5.41, 5.74) is 7.47. The maximum Gasteiger partial charge on any atom is 0.223 e. The largest absolute Gasteiger partial charge is 0.340 e. The van der Waals surface area contributed by atoms with E-state index in [2.05, 4.69) is 42.2 Å². The van der Waals surface area contributed by atoms with E-state index in [-0.39, 0.29) is 6.04 Å². The topological polar surface area (TPSA) is 46.3 Å². The highest BCUT2D eigenvalue weighted by atomic mass is 16.2. The fourth-order valence-corrected chi connectivity index (χ4v) is 4.37. The highest BCUT2D eigenvalue weighted by Gasteiger charge is 2.30. The molecule has 3 nitrogen and oxygen atoms in total. The number of piperidine rings is 1. The number of hydrogen-bond acceptors (Lipinski definition) is 2.